The van der Waals surface area contributed by atoms with Gasteiger partial charge in [0.15, 0.2) is 5.75 Å². The van der Waals surface area contributed by atoms with Gasteiger partial charge in [0.2, 0.25) is 0 Å². The van der Waals surface area contributed by atoms with Crippen LogP contribution in [0.5, 0.6) is 11.5 Å². The molecule has 0 atom stereocenters. The topological polar surface area (TPSA) is 44.8 Å². The molecule has 0 amide bonds. The first-order valence-corrected chi connectivity index (χ1v) is 11.4. The summed E-state index contributed by atoms with van der Waals surface area (Å²) in [6.07, 6.45) is 3.04. The van der Waals surface area contributed by atoms with Gasteiger partial charge in [-0.3, -0.25) is 4.79 Å². The molecule has 0 aromatic heterocycles. The van der Waals surface area contributed by atoms with Crippen LogP contribution in [0.3, 0.4) is 0 Å². The van der Waals surface area contributed by atoms with Crippen LogP contribution in [-0.4, -0.2) is 28.5 Å². The molecule has 0 N–H and O–H groups in total. The maximum Gasteiger partial charge on any atom is 0.305 e. The lowest BCUT2D eigenvalue weighted by Gasteiger charge is -2.37. The van der Waals surface area contributed by atoms with Crippen molar-refractivity contribution in [1.82, 2.24) is 0 Å². The molecular weight excluding hydrogens is 320 g/mol. The van der Waals surface area contributed by atoms with Gasteiger partial charge in [-0.15, -0.1) is 0 Å². The van der Waals surface area contributed by atoms with Gasteiger partial charge >= 0.3 is 5.97 Å². The van der Waals surface area contributed by atoms with Crippen molar-refractivity contribution in [3.8, 4) is 11.5 Å². The fraction of sp³-hybridized carbons (Fsp3) is 0.632. The summed E-state index contributed by atoms with van der Waals surface area (Å²) in [4.78, 5) is 11.2. The minimum absolute atomic E-state index is 0.121. The van der Waals surface area contributed by atoms with Crippen molar-refractivity contribution in [3.63, 3.8) is 0 Å². The number of methoxy groups -OCH3 is 2. The average Bonchev–Trinajstić information content (AvgIpc) is 2.50. The summed E-state index contributed by atoms with van der Waals surface area (Å²) in [6, 6.07) is 6.02. The Balaban J connectivity index is 2.91. The van der Waals surface area contributed by atoms with E-state index in [1.165, 1.54) is 7.11 Å². The van der Waals surface area contributed by atoms with Gasteiger partial charge in [-0.25, -0.2) is 0 Å². The quantitative estimate of drug-likeness (QED) is 0.377. The van der Waals surface area contributed by atoms with E-state index in [9.17, 15) is 4.79 Å². The van der Waals surface area contributed by atoms with Crippen LogP contribution in [-0.2, 0) is 16.0 Å². The van der Waals surface area contributed by atoms with Gasteiger partial charge in [0.25, 0.3) is 8.32 Å². The minimum atomic E-state index is -1.95. The molecule has 1 aromatic carbocycles. The van der Waals surface area contributed by atoms with Crippen LogP contribution < -0.4 is 9.16 Å². The third kappa shape index (κ3) is 5.55. The highest BCUT2D eigenvalue weighted by Gasteiger charge is 2.40. The number of hydrogen-bond donors (Lipinski definition) is 0. The van der Waals surface area contributed by atoms with E-state index in [1.807, 2.05) is 12.1 Å². The van der Waals surface area contributed by atoms with Crippen LogP contribution in [0.15, 0.2) is 18.2 Å². The van der Waals surface area contributed by atoms with E-state index < -0.39 is 8.32 Å². The zero-order valence-electron chi connectivity index (χ0n) is 16.2. The van der Waals surface area contributed by atoms with Crippen LogP contribution in [0.25, 0.3) is 0 Å². The number of para-hydroxylation sites is 1. The van der Waals surface area contributed by atoms with E-state index in [0.29, 0.717) is 6.42 Å². The number of benzene rings is 1. The number of carbonyl (C=O) groups excluding carboxylic acids is 1. The van der Waals surface area contributed by atoms with Crippen LogP contribution in [0.1, 0.15) is 45.6 Å². The van der Waals surface area contributed by atoms with Crippen molar-refractivity contribution in [2.24, 2.45) is 0 Å². The van der Waals surface area contributed by atoms with Crippen LogP contribution in [0, 0.1) is 0 Å². The summed E-state index contributed by atoms with van der Waals surface area (Å²) in [6.45, 7) is 11.2. The fourth-order valence-corrected chi connectivity index (χ4v) is 3.18. The first-order chi connectivity index (χ1) is 11.1. The second-order valence-electron chi connectivity index (χ2n) is 7.59. The van der Waals surface area contributed by atoms with Crippen molar-refractivity contribution in [2.45, 2.75) is 64.6 Å². The number of ether oxygens (including phenoxy) is 2. The molecule has 1 aromatic rings. The molecule has 0 unspecified atom stereocenters. The van der Waals surface area contributed by atoms with E-state index in [2.05, 4.69) is 44.7 Å². The second kappa shape index (κ2) is 8.56. The van der Waals surface area contributed by atoms with Crippen LogP contribution in [0.4, 0.5) is 0 Å². The lowest BCUT2D eigenvalue weighted by molar-refractivity contribution is -0.140. The molecule has 5 heteroatoms. The van der Waals surface area contributed by atoms with Crippen molar-refractivity contribution in [3.05, 3.63) is 23.8 Å². The minimum Gasteiger partial charge on any atom is -0.541 e. The molecule has 0 aliphatic carbocycles. The van der Waals surface area contributed by atoms with Gasteiger partial charge in [0, 0.05) is 6.42 Å². The van der Waals surface area contributed by atoms with Gasteiger partial charge in [-0.2, -0.15) is 0 Å². The largest absolute Gasteiger partial charge is 0.541 e. The Bertz CT molecular complexity index is 547. The van der Waals surface area contributed by atoms with Crippen molar-refractivity contribution < 1.29 is 18.7 Å². The number of esters is 1. The lowest BCUT2D eigenvalue weighted by Crippen LogP contribution is -2.44. The lowest BCUT2D eigenvalue weighted by atomic mass is 10.1. The smallest absolute Gasteiger partial charge is 0.305 e. The molecule has 136 valence electrons. The Morgan fingerprint density at radius 1 is 1.12 bits per heavy atom. The second-order valence-corrected chi connectivity index (χ2v) is 12.3. The maximum atomic E-state index is 11.2. The molecule has 0 aliphatic heterocycles. The van der Waals surface area contributed by atoms with Gasteiger partial charge < -0.3 is 13.9 Å². The molecule has 4 nitrogen and oxygen atoms in total. The molecule has 24 heavy (non-hydrogen) atoms. The number of hydrogen-bond acceptors (Lipinski definition) is 4. The normalized spacial score (nSPS) is 12.0. The molecule has 0 aliphatic rings. The summed E-state index contributed by atoms with van der Waals surface area (Å²) in [5, 5.41) is 0.121. The molecule has 0 fully saturated rings. The fourth-order valence-electron chi connectivity index (χ4n) is 2.13. The molecule has 0 saturated carbocycles. The first kappa shape index (κ1) is 20.6. The van der Waals surface area contributed by atoms with E-state index in [1.54, 1.807) is 7.11 Å². The zero-order valence-corrected chi connectivity index (χ0v) is 17.2. The number of aryl methyl sites for hydroxylation is 1. The van der Waals surface area contributed by atoms with E-state index in [0.717, 1.165) is 36.3 Å². The SMILES string of the molecule is COC(=O)CCCCc1cccc(OC)c1O[Si](C)(C)C(C)(C)C. The number of unbranched alkanes of at least 4 members (excludes halogenated alkanes) is 1. The predicted octanol–water partition coefficient (Wildman–Crippen LogP) is 4.97. The van der Waals surface area contributed by atoms with E-state index in [-0.39, 0.29) is 11.0 Å². The van der Waals surface area contributed by atoms with E-state index >= 15 is 0 Å². The molecule has 0 radical (unpaired) electrons. The Labute approximate surface area is 147 Å². The molecule has 1 rings (SSSR count). The molecule has 0 heterocycles. The summed E-state index contributed by atoms with van der Waals surface area (Å²) in [7, 11) is 1.15. The van der Waals surface area contributed by atoms with Gasteiger partial charge in [0.1, 0.15) is 5.75 Å². The Kier molecular flexibility index (Phi) is 7.33. The average molecular weight is 353 g/mol. The van der Waals surface area contributed by atoms with Gasteiger partial charge in [-0.1, -0.05) is 32.9 Å². The zero-order chi connectivity index (χ0) is 18.4. The van der Waals surface area contributed by atoms with Gasteiger partial charge in [-0.05, 0) is 49.0 Å². The summed E-state index contributed by atoms with van der Waals surface area (Å²) < 4.78 is 16.8. The molecule has 0 spiro atoms. The maximum absolute atomic E-state index is 11.2. The number of carbonyl (C=O) groups is 1. The van der Waals surface area contributed by atoms with E-state index in [4.69, 9.17) is 9.16 Å². The third-order valence-electron chi connectivity index (χ3n) is 4.75. The standard InChI is InChI=1S/C19H32O4Si/c1-19(2,3)24(6,7)23-18-15(12-10-13-16(18)21-4)11-8-9-14-17(20)22-5/h10,12-13H,8-9,11,14H2,1-7H3. The van der Waals surface area contributed by atoms with Crippen LogP contribution >= 0.6 is 0 Å². The monoisotopic (exact) mass is 352 g/mol. The number of rotatable bonds is 8. The summed E-state index contributed by atoms with van der Waals surface area (Å²) in [5.41, 5.74) is 1.14. The highest BCUT2D eigenvalue weighted by Crippen LogP contribution is 2.41. The van der Waals surface area contributed by atoms with Crippen LogP contribution in [0.2, 0.25) is 18.1 Å². The first-order valence-electron chi connectivity index (χ1n) is 8.54. The third-order valence-corrected chi connectivity index (χ3v) is 9.08. The Hall–Kier alpha value is -1.49. The van der Waals surface area contributed by atoms with Gasteiger partial charge in [0.05, 0.1) is 14.2 Å². The Morgan fingerprint density at radius 2 is 1.79 bits per heavy atom. The van der Waals surface area contributed by atoms with Crippen molar-refractivity contribution in [2.75, 3.05) is 14.2 Å². The highest BCUT2D eigenvalue weighted by atomic mass is 28.4. The predicted molar refractivity (Wildman–Crippen MR) is 100 cm³/mol. The Morgan fingerprint density at radius 3 is 2.33 bits per heavy atom. The molecule has 0 bridgehead atoms. The molecular formula is C19H32O4Si. The van der Waals surface area contributed by atoms with Crippen molar-refractivity contribution >= 4 is 14.3 Å². The highest BCUT2D eigenvalue weighted by molar-refractivity contribution is 6.74. The summed E-state index contributed by atoms with van der Waals surface area (Å²) >= 11 is 0. The summed E-state index contributed by atoms with van der Waals surface area (Å²) in [5.74, 6) is 1.49. The molecule has 0 saturated heterocycles. The van der Waals surface area contributed by atoms with Crippen molar-refractivity contribution in [1.29, 1.82) is 0 Å².